The van der Waals surface area contributed by atoms with Gasteiger partial charge in [0.05, 0.1) is 18.2 Å². The molecule has 0 bridgehead atoms. The van der Waals surface area contributed by atoms with E-state index >= 15 is 0 Å². The van der Waals surface area contributed by atoms with Gasteiger partial charge in [0.2, 0.25) is 0 Å². The summed E-state index contributed by atoms with van der Waals surface area (Å²) < 4.78 is 14.4. The molecule has 1 amide bonds. The molecule has 6 nitrogen and oxygen atoms in total. The summed E-state index contributed by atoms with van der Waals surface area (Å²) in [7, 11) is 1.63. The zero-order chi connectivity index (χ0) is 16.3. The molecule has 2 rings (SSSR count). The number of nitrogens with zero attached hydrogens (tertiary/aromatic N) is 2. The topological polar surface area (TPSA) is 84.2 Å². The van der Waals surface area contributed by atoms with Gasteiger partial charge in [-0.05, 0) is 30.7 Å². The summed E-state index contributed by atoms with van der Waals surface area (Å²) in [6.07, 6.45) is -0.297. The number of halogens is 1. The fraction of sp³-hybridized carbons (Fsp3) is 0.267. The average Bonchev–Trinajstić information content (AvgIpc) is 2.77. The number of aromatic nitrogens is 2. The van der Waals surface area contributed by atoms with Crippen molar-refractivity contribution in [2.45, 2.75) is 19.4 Å². The monoisotopic (exact) mass is 305 g/mol. The van der Waals surface area contributed by atoms with Crippen molar-refractivity contribution in [1.82, 2.24) is 15.1 Å². The second-order valence-corrected chi connectivity index (χ2v) is 4.97. The number of aliphatic carboxylic acids is 1. The Morgan fingerprint density at radius 1 is 1.36 bits per heavy atom. The van der Waals surface area contributed by atoms with Crippen LogP contribution >= 0.6 is 0 Å². The molecular weight excluding hydrogens is 289 g/mol. The van der Waals surface area contributed by atoms with Crippen LogP contribution in [0, 0.1) is 12.7 Å². The van der Waals surface area contributed by atoms with Crippen LogP contribution in [0.2, 0.25) is 0 Å². The summed E-state index contributed by atoms with van der Waals surface area (Å²) in [5, 5.41) is 15.7. The minimum absolute atomic E-state index is 0.297. The molecule has 0 aliphatic heterocycles. The Labute approximate surface area is 126 Å². The van der Waals surface area contributed by atoms with E-state index in [-0.39, 0.29) is 6.42 Å². The summed E-state index contributed by atoms with van der Waals surface area (Å²) >= 11 is 0. The lowest BCUT2D eigenvalue weighted by Gasteiger charge is -2.17. The van der Waals surface area contributed by atoms with Crippen LogP contribution in [0.15, 0.2) is 30.3 Å². The van der Waals surface area contributed by atoms with Crippen LogP contribution < -0.4 is 5.32 Å². The smallest absolute Gasteiger partial charge is 0.305 e. The first kappa shape index (κ1) is 15.7. The molecule has 116 valence electrons. The fourth-order valence-corrected chi connectivity index (χ4v) is 2.18. The number of carboxylic acid groups (broad SMARTS) is 1. The fourth-order valence-electron chi connectivity index (χ4n) is 2.18. The minimum atomic E-state index is -1.06. The summed E-state index contributed by atoms with van der Waals surface area (Å²) in [4.78, 5) is 23.3. The van der Waals surface area contributed by atoms with E-state index < -0.39 is 23.7 Å². The maximum absolute atomic E-state index is 13.0. The summed E-state index contributed by atoms with van der Waals surface area (Å²) in [6, 6.07) is 6.23. The molecule has 0 fully saturated rings. The van der Waals surface area contributed by atoms with Crippen molar-refractivity contribution >= 4 is 11.9 Å². The zero-order valence-electron chi connectivity index (χ0n) is 12.2. The van der Waals surface area contributed by atoms with Crippen molar-refractivity contribution in [2.24, 2.45) is 7.05 Å². The Bertz CT molecular complexity index is 695. The number of carbonyl (C=O) groups excluding carboxylic acids is 1. The van der Waals surface area contributed by atoms with Gasteiger partial charge in [0, 0.05) is 7.05 Å². The second-order valence-electron chi connectivity index (χ2n) is 4.97. The first-order valence-electron chi connectivity index (χ1n) is 6.65. The zero-order valence-corrected chi connectivity index (χ0v) is 12.2. The van der Waals surface area contributed by atoms with Crippen LogP contribution in [0.25, 0.3) is 0 Å². The molecule has 0 spiro atoms. The quantitative estimate of drug-likeness (QED) is 0.882. The first-order valence-corrected chi connectivity index (χ1v) is 6.65. The molecule has 22 heavy (non-hydrogen) atoms. The molecule has 0 unspecified atom stereocenters. The maximum Gasteiger partial charge on any atom is 0.305 e. The average molecular weight is 305 g/mol. The largest absolute Gasteiger partial charge is 0.481 e. The van der Waals surface area contributed by atoms with E-state index in [0.29, 0.717) is 17.0 Å². The van der Waals surface area contributed by atoms with Crippen molar-refractivity contribution in [3.05, 3.63) is 53.1 Å². The maximum atomic E-state index is 13.0. The minimum Gasteiger partial charge on any atom is -0.481 e. The molecule has 1 aromatic heterocycles. The Hall–Kier alpha value is -2.70. The second kappa shape index (κ2) is 6.38. The molecule has 1 aromatic carbocycles. The number of benzene rings is 1. The third-order valence-corrected chi connectivity index (χ3v) is 3.19. The van der Waals surface area contributed by atoms with E-state index in [0.717, 1.165) is 0 Å². The third-order valence-electron chi connectivity index (χ3n) is 3.19. The molecule has 1 atom stereocenters. The van der Waals surface area contributed by atoms with Gasteiger partial charge in [-0.3, -0.25) is 14.3 Å². The van der Waals surface area contributed by atoms with Crippen molar-refractivity contribution < 1.29 is 19.1 Å². The number of amides is 1. The highest BCUT2D eigenvalue weighted by atomic mass is 19.1. The Kier molecular flexibility index (Phi) is 4.55. The summed E-state index contributed by atoms with van der Waals surface area (Å²) in [5.41, 5.74) is 1.54. The van der Waals surface area contributed by atoms with E-state index in [9.17, 15) is 14.0 Å². The number of carbonyl (C=O) groups is 2. The molecule has 2 N–H and O–H groups in total. The predicted molar refractivity (Wildman–Crippen MR) is 76.8 cm³/mol. The van der Waals surface area contributed by atoms with Gasteiger partial charge < -0.3 is 10.4 Å². The lowest BCUT2D eigenvalue weighted by molar-refractivity contribution is -0.137. The van der Waals surface area contributed by atoms with Crippen LogP contribution in [0.5, 0.6) is 0 Å². The van der Waals surface area contributed by atoms with Gasteiger partial charge in [0.15, 0.2) is 0 Å². The van der Waals surface area contributed by atoms with Crippen LogP contribution in [-0.2, 0) is 11.8 Å². The van der Waals surface area contributed by atoms with Gasteiger partial charge in [0.1, 0.15) is 11.5 Å². The molecule has 0 aliphatic carbocycles. The Morgan fingerprint density at radius 2 is 2.00 bits per heavy atom. The van der Waals surface area contributed by atoms with E-state index in [1.54, 1.807) is 20.0 Å². The predicted octanol–water partition coefficient (Wildman–Crippen LogP) is 1.81. The number of hydrogen-bond donors (Lipinski definition) is 2. The SMILES string of the molecule is Cc1cc(C(=O)N[C@H](CC(=O)O)c2ccc(F)cc2)n(C)n1. The van der Waals surface area contributed by atoms with Crippen LogP contribution in [0.1, 0.15) is 34.2 Å². The van der Waals surface area contributed by atoms with Gasteiger partial charge in [-0.2, -0.15) is 5.10 Å². The lowest BCUT2D eigenvalue weighted by atomic mass is 10.0. The molecule has 0 saturated heterocycles. The standard InChI is InChI=1S/C15H16FN3O3/c1-9-7-13(19(2)18-9)15(22)17-12(8-14(20)21)10-3-5-11(16)6-4-10/h3-7,12H,8H2,1-2H3,(H,17,22)(H,20,21)/t12-/m1/s1. The van der Waals surface area contributed by atoms with Gasteiger partial charge in [-0.1, -0.05) is 12.1 Å². The molecule has 0 saturated carbocycles. The lowest BCUT2D eigenvalue weighted by Crippen LogP contribution is -2.31. The number of hydrogen-bond acceptors (Lipinski definition) is 3. The molecule has 7 heteroatoms. The normalized spacial score (nSPS) is 12.0. The molecular formula is C15H16FN3O3. The Morgan fingerprint density at radius 3 is 2.50 bits per heavy atom. The molecule has 2 aromatic rings. The Balaban J connectivity index is 2.23. The van der Waals surface area contributed by atoms with Crippen molar-refractivity contribution in [1.29, 1.82) is 0 Å². The van der Waals surface area contributed by atoms with Gasteiger partial charge >= 0.3 is 5.97 Å². The van der Waals surface area contributed by atoms with Crippen LogP contribution in [-0.4, -0.2) is 26.8 Å². The number of aryl methyl sites for hydroxylation is 2. The molecule has 0 radical (unpaired) electrons. The highest BCUT2D eigenvalue weighted by Crippen LogP contribution is 2.18. The van der Waals surface area contributed by atoms with Crippen molar-refractivity contribution in [2.75, 3.05) is 0 Å². The molecule has 1 heterocycles. The molecule has 0 aliphatic rings. The summed E-state index contributed by atoms with van der Waals surface area (Å²) in [5.74, 6) is -1.92. The van der Waals surface area contributed by atoms with Gasteiger partial charge in [-0.15, -0.1) is 0 Å². The number of carboxylic acids is 1. The van der Waals surface area contributed by atoms with E-state index in [2.05, 4.69) is 10.4 Å². The van der Waals surface area contributed by atoms with E-state index in [1.807, 2.05) is 0 Å². The van der Waals surface area contributed by atoms with E-state index in [4.69, 9.17) is 5.11 Å². The number of rotatable bonds is 5. The highest BCUT2D eigenvalue weighted by molar-refractivity contribution is 5.93. The van der Waals surface area contributed by atoms with Crippen molar-refractivity contribution in [3.63, 3.8) is 0 Å². The van der Waals surface area contributed by atoms with Crippen LogP contribution in [0.3, 0.4) is 0 Å². The van der Waals surface area contributed by atoms with Crippen molar-refractivity contribution in [3.8, 4) is 0 Å². The van der Waals surface area contributed by atoms with Crippen LogP contribution in [0.4, 0.5) is 4.39 Å². The van der Waals surface area contributed by atoms with E-state index in [1.165, 1.54) is 28.9 Å². The first-order chi connectivity index (χ1) is 10.4. The summed E-state index contributed by atoms with van der Waals surface area (Å²) in [6.45, 7) is 1.76. The third kappa shape index (κ3) is 3.69. The van der Waals surface area contributed by atoms with Gasteiger partial charge in [0.25, 0.3) is 5.91 Å². The highest BCUT2D eigenvalue weighted by Gasteiger charge is 2.21. The van der Waals surface area contributed by atoms with Gasteiger partial charge in [-0.25, -0.2) is 4.39 Å². The number of nitrogens with one attached hydrogen (secondary N) is 1.